The summed E-state index contributed by atoms with van der Waals surface area (Å²) in [4.78, 5) is 10.6. The van der Waals surface area contributed by atoms with E-state index in [1.54, 1.807) is 18.2 Å². The summed E-state index contributed by atoms with van der Waals surface area (Å²) in [7, 11) is 0. The van der Waals surface area contributed by atoms with E-state index in [-0.39, 0.29) is 0 Å². The summed E-state index contributed by atoms with van der Waals surface area (Å²) in [6.45, 7) is 4.03. The van der Waals surface area contributed by atoms with E-state index in [1.165, 1.54) is 0 Å². The normalized spacial score (nSPS) is 10.2. The number of hydrogen-bond donors (Lipinski definition) is 0. The summed E-state index contributed by atoms with van der Waals surface area (Å²) >= 11 is 3.31. The van der Waals surface area contributed by atoms with Crippen molar-refractivity contribution >= 4 is 22.2 Å². The third-order valence-corrected chi connectivity index (χ3v) is 2.92. The molecule has 0 spiro atoms. The van der Waals surface area contributed by atoms with Crippen LogP contribution in [0.15, 0.2) is 22.7 Å². The van der Waals surface area contributed by atoms with Crippen molar-refractivity contribution in [2.45, 2.75) is 19.8 Å². The number of carbonyl (C=O) groups excluding carboxylic acids is 1. The van der Waals surface area contributed by atoms with Crippen molar-refractivity contribution in [3.63, 3.8) is 0 Å². The molecule has 0 aliphatic heterocycles. The van der Waals surface area contributed by atoms with Gasteiger partial charge >= 0.3 is 0 Å². The van der Waals surface area contributed by atoms with Crippen LogP contribution < -0.4 is 4.74 Å². The van der Waals surface area contributed by atoms with Crippen molar-refractivity contribution in [3.05, 3.63) is 28.2 Å². The van der Waals surface area contributed by atoms with E-state index in [9.17, 15) is 4.79 Å². The lowest BCUT2D eigenvalue weighted by Crippen LogP contribution is -2.07. The summed E-state index contributed by atoms with van der Waals surface area (Å²) in [5.41, 5.74) is 0.622. The lowest BCUT2D eigenvalue weighted by Gasteiger charge is -2.07. The molecule has 4 heteroatoms. The molecule has 0 fully saturated rings. The molecular formula is C13H17BrO3. The predicted octanol–water partition coefficient (Wildman–Crippen LogP) is 3.46. The minimum Gasteiger partial charge on any atom is -0.491 e. The van der Waals surface area contributed by atoms with E-state index in [4.69, 9.17) is 9.47 Å². The third kappa shape index (κ3) is 5.33. The van der Waals surface area contributed by atoms with Gasteiger partial charge < -0.3 is 9.47 Å². The van der Waals surface area contributed by atoms with Crippen molar-refractivity contribution < 1.29 is 14.3 Å². The van der Waals surface area contributed by atoms with Gasteiger partial charge in [-0.3, -0.25) is 4.79 Å². The van der Waals surface area contributed by atoms with Gasteiger partial charge in [0.1, 0.15) is 12.4 Å². The molecule has 0 heterocycles. The molecule has 0 aliphatic rings. The Hall–Kier alpha value is -0.870. The van der Waals surface area contributed by atoms with Gasteiger partial charge in [-0.2, -0.15) is 0 Å². The Morgan fingerprint density at radius 1 is 1.29 bits per heavy atom. The maximum absolute atomic E-state index is 10.6. The highest BCUT2D eigenvalue weighted by atomic mass is 79.9. The largest absolute Gasteiger partial charge is 0.491 e. The van der Waals surface area contributed by atoms with Gasteiger partial charge in [0, 0.05) is 16.6 Å². The molecule has 0 aromatic heterocycles. The highest BCUT2D eigenvalue weighted by Crippen LogP contribution is 2.21. The van der Waals surface area contributed by atoms with Gasteiger partial charge in [0.05, 0.1) is 6.61 Å². The van der Waals surface area contributed by atoms with Crippen molar-refractivity contribution in [1.82, 2.24) is 0 Å². The maximum Gasteiger partial charge on any atom is 0.151 e. The standard InChI is InChI=1S/C13H17BrO3/c1-2-3-6-16-7-8-17-12-5-4-11(10-15)13(14)9-12/h4-5,9-10H,2-3,6-8H2,1H3. The van der Waals surface area contributed by atoms with Gasteiger partial charge in [-0.05, 0) is 40.5 Å². The molecule has 1 rings (SSSR count). The second kappa shape index (κ2) is 8.25. The molecule has 0 saturated heterocycles. The van der Waals surface area contributed by atoms with Crippen LogP contribution in [0.5, 0.6) is 5.75 Å². The molecule has 0 N–H and O–H groups in total. The minimum atomic E-state index is 0.524. The van der Waals surface area contributed by atoms with E-state index in [0.717, 1.165) is 36.0 Å². The summed E-state index contributed by atoms with van der Waals surface area (Å²) in [6, 6.07) is 5.29. The van der Waals surface area contributed by atoms with E-state index >= 15 is 0 Å². The van der Waals surface area contributed by atoms with Crippen molar-refractivity contribution in [1.29, 1.82) is 0 Å². The van der Waals surface area contributed by atoms with Gasteiger partial charge in [-0.1, -0.05) is 13.3 Å². The summed E-state index contributed by atoms with van der Waals surface area (Å²) < 4.78 is 11.6. The van der Waals surface area contributed by atoms with Crippen LogP contribution in [0, 0.1) is 0 Å². The highest BCUT2D eigenvalue weighted by molar-refractivity contribution is 9.10. The minimum absolute atomic E-state index is 0.524. The van der Waals surface area contributed by atoms with Crippen LogP contribution in [0.25, 0.3) is 0 Å². The molecule has 0 aliphatic carbocycles. The fraction of sp³-hybridized carbons (Fsp3) is 0.462. The molecule has 0 radical (unpaired) electrons. The maximum atomic E-state index is 10.6. The first-order chi connectivity index (χ1) is 8.27. The number of rotatable bonds is 8. The smallest absolute Gasteiger partial charge is 0.151 e. The zero-order valence-electron chi connectivity index (χ0n) is 9.95. The Kier molecular flexibility index (Phi) is 6.89. The van der Waals surface area contributed by atoms with Gasteiger partial charge in [-0.25, -0.2) is 0 Å². The monoisotopic (exact) mass is 300 g/mol. The average Bonchev–Trinajstić information content (AvgIpc) is 2.34. The molecule has 17 heavy (non-hydrogen) atoms. The molecular weight excluding hydrogens is 284 g/mol. The predicted molar refractivity (Wildman–Crippen MR) is 70.8 cm³/mol. The van der Waals surface area contributed by atoms with Gasteiger partial charge in [-0.15, -0.1) is 0 Å². The number of unbranched alkanes of at least 4 members (excludes halogenated alkanes) is 1. The summed E-state index contributed by atoms with van der Waals surface area (Å²) in [5.74, 6) is 0.738. The first-order valence-electron chi connectivity index (χ1n) is 5.73. The van der Waals surface area contributed by atoms with Crippen LogP contribution in [0.1, 0.15) is 30.1 Å². The van der Waals surface area contributed by atoms with Crippen LogP contribution in [0.3, 0.4) is 0 Å². The first-order valence-corrected chi connectivity index (χ1v) is 6.52. The molecule has 0 atom stereocenters. The Bertz CT molecular complexity index is 353. The second-order valence-electron chi connectivity index (χ2n) is 3.62. The molecule has 0 saturated carbocycles. The lowest BCUT2D eigenvalue weighted by atomic mass is 10.2. The number of hydrogen-bond acceptors (Lipinski definition) is 3. The Morgan fingerprint density at radius 3 is 2.76 bits per heavy atom. The topological polar surface area (TPSA) is 35.5 Å². The van der Waals surface area contributed by atoms with E-state index in [1.807, 2.05) is 0 Å². The van der Waals surface area contributed by atoms with E-state index in [0.29, 0.717) is 18.8 Å². The zero-order valence-corrected chi connectivity index (χ0v) is 11.5. The number of aldehydes is 1. The van der Waals surface area contributed by atoms with Crippen LogP contribution in [-0.2, 0) is 4.74 Å². The number of halogens is 1. The van der Waals surface area contributed by atoms with Crippen LogP contribution in [0.4, 0.5) is 0 Å². The summed E-state index contributed by atoms with van der Waals surface area (Å²) in [5, 5.41) is 0. The first kappa shape index (κ1) is 14.2. The second-order valence-corrected chi connectivity index (χ2v) is 4.47. The average molecular weight is 301 g/mol. The third-order valence-electron chi connectivity index (χ3n) is 2.24. The highest BCUT2D eigenvalue weighted by Gasteiger charge is 2.00. The van der Waals surface area contributed by atoms with Crippen molar-refractivity contribution in [2.75, 3.05) is 19.8 Å². The molecule has 3 nitrogen and oxygen atoms in total. The SMILES string of the molecule is CCCCOCCOc1ccc(C=O)c(Br)c1. The fourth-order valence-electron chi connectivity index (χ4n) is 1.26. The number of ether oxygens (including phenoxy) is 2. The Morgan fingerprint density at radius 2 is 2.12 bits per heavy atom. The van der Waals surface area contributed by atoms with Gasteiger partial charge in [0.15, 0.2) is 6.29 Å². The Balaban J connectivity index is 2.27. The Labute approximate surface area is 110 Å². The van der Waals surface area contributed by atoms with Gasteiger partial charge in [0.25, 0.3) is 0 Å². The molecule has 0 amide bonds. The molecule has 0 unspecified atom stereocenters. The van der Waals surface area contributed by atoms with Crippen molar-refractivity contribution in [2.24, 2.45) is 0 Å². The summed E-state index contributed by atoms with van der Waals surface area (Å²) in [6.07, 6.45) is 3.03. The van der Waals surface area contributed by atoms with Crippen LogP contribution in [0.2, 0.25) is 0 Å². The number of benzene rings is 1. The molecule has 1 aromatic carbocycles. The quantitative estimate of drug-likeness (QED) is 0.545. The van der Waals surface area contributed by atoms with E-state index in [2.05, 4.69) is 22.9 Å². The lowest BCUT2D eigenvalue weighted by molar-refractivity contribution is 0.0980. The molecule has 94 valence electrons. The molecule has 0 bridgehead atoms. The zero-order chi connectivity index (χ0) is 12.5. The van der Waals surface area contributed by atoms with E-state index < -0.39 is 0 Å². The number of carbonyl (C=O) groups is 1. The van der Waals surface area contributed by atoms with Crippen LogP contribution >= 0.6 is 15.9 Å². The van der Waals surface area contributed by atoms with Crippen molar-refractivity contribution in [3.8, 4) is 5.75 Å². The molecule has 1 aromatic rings. The fourth-order valence-corrected chi connectivity index (χ4v) is 1.71. The van der Waals surface area contributed by atoms with Gasteiger partial charge in [0.2, 0.25) is 0 Å². The van der Waals surface area contributed by atoms with Crippen LogP contribution in [-0.4, -0.2) is 26.1 Å².